The lowest BCUT2D eigenvalue weighted by Crippen LogP contribution is -2.24. The summed E-state index contributed by atoms with van der Waals surface area (Å²) in [6.45, 7) is 1.72. The van der Waals surface area contributed by atoms with Gasteiger partial charge < -0.3 is 4.84 Å². The monoisotopic (exact) mass is 275 g/mol. The van der Waals surface area contributed by atoms with Crippen LogP contribution in [0.5, 0.6) is 0 Å². The van der Waals surface area contributed by atoms with E-state index in [1.165, 1.54) is 16.8 Å². The van der Waals surface area contributed by atoms with E-state index in [0.29, 0.717) is 22.9 Å². The standard InChI is InChI=1S/C11H9N5O4/c1-6-9-10(12-11(17)20-14-9)15(13-6)7-3-2-4-8(5-7)16(18)19/h2-5,14H,1H3,(H,12,17). The van der Waals surface area contributed by atoms with Crippen LogP contribution < -0.4 is 10.8 Å². The number of rotatable bonds is 2. The number of nitrogens with one attached hydrogen (secondary N) is 2. The second-order valence-corrected chi connectivity index (χ2v) is 4.11. The maximum Gasteiger partial charge on any atom is 0.437 e. The molecule has 1 amide bonds. The van der Waals surface area contributed by atoms with Crippen LogP contribution in [0.1, 0.15) is 5.69 Å². The molecule has 0 spiro atoms. The van der Waals surface area contributed by atoms with Gasteiger partial charge in [-0.25, -0.2) is 15.0 Å². The molecule has 0 aliphatic carbocycles. The first kappa shape index (κ1) is 12.0. The van der Waals surface area contributed by atoms with Crippen LogP contribution >= 0.6 is 0 Å². The zero-order valence-electron chi connectivity index (χ0n) is 10.3. The highest BCUT2D eigenvalue weighted by Crippen LogP contribution is 2.32. The third-order valence-corrected chi connectivity index (χ3v) is 2.81. The van der Waals surface area contributed by atoms with E-state index in [9.17, 15) is 14.9 Å². The van der Waals surface area contributed by atoms with Crippen molar-refractivity contribution in [1.29, 1.82) is 0 Å². The first-order chi connectivity index (χ1) is 9.56. The smallest absolute Gasteiger partial charge is 0.324 e. The van der Waals surface area contributed by atoms with E-state index in [4.69, 9.17) is 0 Å². The fraction of sp³-hybridized carbons (Fsp3) is 0.0909. The second-order valence-electron chi connectivity index (χ2n) is 4.11. The van der Waals surface area contributed by atoms with Crippen LogP contribution in [0.25, 0.3) is 5.69 Å². The number of anilines is 2. The third kappa shape index (κ3) is 1.81. The number of carbonyl (C=O) groups excluding carboxylic acids is 1. The Morgan fingerprint density at radius 3 is 3.00 bits per heavy atom. The third-order valence-electron chi connectivity index (χ3n) is 2.81. The van der Waals surface area contributed by atoms with Crippen LogP contribution in [0.2, 0.25) is 0 Å². The predicted molar refractivity (Wildman–Crippen MR) is 68.7 cm³/mol. The molecule has 1 aromatic heterocycles. The quantitative estimate of drug-likeness (QED) is 0.640. The normalized spacial score (nSPS) is 12.9. The Hall–Kier alpha value is -3.10. The molecule has 1 aliphatic heterocycles. The molecule has 0 unspecified atom stereocenters. The number of hydrogen-bond donors (Lipinski definition) is 2. The average molecular weight is 275 g/mol. The zero-order chi connectivity index (χ0) is 14.3. The summed E-state index contributed by atoms with van der Waals surface area (Å²) in [5, 5.41) is 17.5. The number of nitro benzene ring substituents is 1. The summed E-state index contributed by atoms with van der Waals surface area (Å²) in [6, 6.07) is 5.95. The van der Waals surface area contributed by atoms with Gasteiger partial charge in [0.2, 0.25) is 0 Å². The largest absolute Gasteiger partial charge is 0.437 e. The van der Waals surface area contributed by atoms with E-state index in [1.807, 2.05) is 0 Å². The first-order valence-corrected chi connectivity index (χ1v) is 5.64. The van der Waals surface area contributed by atoms with Gasteiger partial charge in [-0.05, 0) is 13.0 Å². The van der Waals surface area contributed by atoms with Gasteiger partial charge in [-0.15, -0.1) is 0 Å². The fourth-order valence-corrected chi connectivity index (χ4v) is 1.91. The van der Waals surface area contributed by atoms with Gasteiger partial charge in [0, 0.05) is 12.1 Å². The molecule has 0 saturated carbocycles. The van der Waals surface area contributed by atoms with Crippen LogP contribution in [-0.4, -0.2) is 20.8 Å². The summed E-state index contributed by atoms with van der Waals surface area (Å²) in [5.41, 5.74) is 3.98. The van der Waals surface area contributed by atoms with Crippen molar-refractivity contribution in [3.63, 3.8) is 0 Å². The van der Waals surface area contributed by atoms with Gasteiger partial charge >= 0.3 is 6.09 Å². The maximum atomic E-state index is 11.2. The van der Waals surface area contributed by atoms with Gasteiger partial charge in [0.1, 0.15) is 5.69 Å². The van der Waals surface area contributed by atoms with Gasteiger partial charge in [0.05, 0.1) is 16.3 Å². The molecule has 2 aromatic rings. The molecule has 1 aliphatic rings. The number of aryl methyl sites for hydroxylation is 1. The van der Waals surface area contributed by atoms with E-state index in [2.05, 4.69) is 20.7 Å². The molecule has 2 N–H and O–H groups in total. The summed E-state index contributed by atoms with van der Waals surface area (Å²) in [4.78, 5) is 26.2. The second kappa shape index (κ2) is 4.23. The molecule has 1 aromatic carbocycles. The van der Waals surface area contributed by atoms with Crippen molar-refractivity contribution in [2.45, 2.75) is 6.92 Å². The van der Waals surface area contributed by atoms with Crippen LogP contribution in [0.4, 0.5) is 22.0 Å². The number of aromatic nitrogens is 2. The van der Waals surface area contributed by atoms with Crippen LogP contribution in [-0.2, 0) is 4.84 Å². The van der Waals surface area contributed by atoms with Gasteiger partial charge in [0.15, 0.2) is 5.82 Å². The minimum Gasteiger partial charge on any atom is -0.324 e. The Morgan fingerprint density at radius 2 is 2.25 bits per heavy atom. The van der Waals surface area contributed by atoms with Crippen molar-refractivity contribution in [2.75, 3.05) is 10.8 Å². The van der Waals surface area contributed by atoms with Gasteiger partial charge in [-0.3, -0.25) is 15.4 Å². The minimum atomic E-state index is -0.677. The lowest BCUT2D eigenvalue weighted by atomic mass is 10.3. The lowest BCUT2D eigenvalue weighted by Gasteiger charge is -2.16. The fourth-order valence-electron chi connectivity index (χ4n) is 1.91. The molecule has 2 heterocycles. The molecule has 9 heteroatoms. The summed E-state index contributed by atoms with van der Waals surface area (Å²) in [5.74, 6) is 0.374. The molecule has 9 nitrogen and oxygen atoms in total. The summed E-state index contributed by atoms with van der Waals surface area (Å²) in [7, 11) is 0. The maximum absolute atomic E-state index is 11.2. The number of amides is 1. The number of fused-ring (bicyclic) bond motifs is 1. The molecule has 0 radical (unpaired) electrons. The summed E-state index contributed by atoms with van der Waals surface area (Å²) < 4.78 is 1.41. The van der Waals surface area contributed by atoms with Crippen LogP contribution in [0, 0.1) is 17.0 Å². The highest BCUT2D eigenvalue weighted by Gasteiger charge is 2.25. The Labute approximate surface area is 112 Å². The van der Waals surface area contributed by atoms with Crippen LogP contribution in [0.15, 0.2) is 24.3 Å². The van der Waals surface area contributed by atoms with Crippen molar-refractivity contribution in [1.82, 2.24) is 9.78 Å². The number of benzene rings is 1. The Balaban J connectivity index is 2.13. The van der Waals surface area contributed by atoms with E-state index in [0.717, 1.165) is 0 Å². The Bertz CT molecular complexity index is 724. The number of carbonyl (C=O) groups is 1. The van der Waals surface area contributed by atoms with E-state index < -0.39 is 11.0 Å². The van der Waals surface area contributed by atoms with Crippen LogP contribution in [0.3, 0.4) is 0 Å². The SMILES string of the molecule is Cc1nn(-c2cccc([N+](=O)[O-])c2)c2c1NOC(=O)N2. The van der Waals surface area contributed by atoms with E-state index >= 15 is 0 Å². The molecular formula is C11H9N5O4. The van der Waals surface area contributed by atoms with Crippen molar-refractivity contribution in [3.05, 3.63) is 40.1 Å². The molecule has 102 valence electrons. The number of nitro groups is 1. The van der Waals surface area contributed by atoms with E-state index in [1.54, 1.807) is 19.1 Å². The van der Waals surface area contributed by atoms with E-state index in [-0.39, 0.29) is 5.69 Å². The first-order valence-electron chi connectivity index (χ1n) is 5.64. The molecule has 3 rings (SSSR count). The molecule has 0 fully saturated rings. The van der Waals surface area contributed by atoms with Gasteiger partial charge in [-0.1, -0.05) is 6.07 Å². The zero-order valence-corrected chi connectivity index (χ0v) is 10.3. The highest BCUT2D eigenvalue weighted by molar-refractivity contribution is 5.92. The van der Waals surface area contributed by atoms with Crippen molar-refractivity contribution < 1.29 is 14.6 Å². The molecule has 0 atom stereocenters. The molecule has 20 heavy (non-hydrogen) atoms. The lowest BCUT2D eigenvalue weighted by molar-refractivity contribution is -0.384. The molecular weight excluding hydrogens is 266 g/mol. The number of non-ortho nitro benzene ring substituents is 1. The Morgan fingerprint density at radius 1 is 1.45 bits per heavy atom. The molecule has 0 bridgehead atoms. The summed E-state index contributed by atoms with van der Waals surface area (Å²) >= 11 is 0. The predicted octanol–water partition coefficient (Wildman–Crippen LogP) is 1.98. The topological polar surface area (TPSA) is 111 Å². The number of nitrogens with zero attached hydrogens (tertiary/aromatic N) is 3. The highest BCUT2D eigenvalue weighted by atomic mass is 16.7. The van der Waals surface area contributed by atoms with Gasteiger partial charge in [-0.2, -0.15) is 5.10 Å². The summed E-state index contributed by atoms with van der Waals surface area (Å²) in [6.07, 6.45) is -0.677. The Kier molecular flexibility index (Phi) is 2.53. The van der Waals surface area contributed by atoms with Crippen molar-refractivity contribution in [3.8, 4) is 5.69 Å². The van der Waals surface area contributed by atoms with Gasteiger partial charge in [0.25, 0.3) is 5.69 Å². The molecule has 0 saturated heterocycles. The van der Waals surface area contributed by atoms with Crippen molar-refractivity contribution >= 4 is 23.3 Å². The minimum absolute atomic E-state index is 0.0595. The number of hydrogen-bond acceptors (Lipinski definition) is 6. The van der Waals surface area contributed by atoms with Crippen molar-refractivity contribution in [2.24, 2.45) is 0 Å². The average Bonchev–Trinajstić information content (AvgIpc) is 2.75.